The van der Waals surface area contributed by atoms with Crippen molar-refractivity contribution < 1.29 is 8.78 Å². The van der Waals surface area contributed by atoms with E-state index < -0.39 is 17.7 Å². The molecule has 0 saturated heterocycles. The van der Waals surface area contributed by atoms with Crippen LogP contribution >= 0.6 is 0 Å². The van der Waals surface area contributed by atoms with Gasteiger partial charge in [-0.3, -0.25) is 4.98 Å². The van der Waals surface area contributed by atoms with Crippen LogP contribution in [0.5, 0.6) is 0 Å². The molecule has 1 heterocycles. The average Bonchev–Trinajstić information content (AvgIpc) is 2.32. The molecule has 0 aliphatic carbocycles. The first kappa shape index (κ1) is 11.7. The number of aryl methyl sites for hydroxylation is 1. The Kier molecular flexibility index (Phi) is 3.15. The first-order valence-electron chi connectivity index (χ1n) is 5.21. The van der Waals surface area contributed by atoms with Gasteiger partial charge in [-0.2, -0.15) is 0 Å². The van der Waals surface area contributed by atoms with Crippen LogP contribution in [0, 0.1) is 18.6 Å². The van der Waals surface area contributed by atoms with Gasteiger partial charge in [0.15, 0.2) is 0 Å². The van der Waals surface area contributed by atoms with Crippen LogP contribution in [0.2, 0.25) is 0 Å². The van der Waals surface area contributed by atoms with Crippen LogP contribution in [0.15, 0.2) is 36.5 Å². The summed E-state index contributed by atoms with van der Waals surface area (Å²) < 4.78 is 26.6. The van der Waals surface area contributed by atoms with E-state index in [0.29, 0.717) is 5.69 Å². The molecule has 0 spiro atoms. The Labute approximate surface area is 98.1 Å². The van der Waals surface area contributed by atoms with E-state index in [0.717, 1.165) is 23.8 Å². The Balaban J connectivity index is 2.47. The van der Waals surface area contributed by atoms with Crippen molar-refractivity contribution in [2.45, 2.75) is 13.0 Å². The standard InChI is InChI=1S/C13H12F2N2/c1-8-3-2-6-17-13(8)12(16)10-7-9(14)4-5-11(10)15/h2-7,12H,16H2,1H3. The minimum Gasteiger partial charge on any atom is -0.319 e. The van der Waals surface area contributed by atoms with E-state index in [1.165, 1.54) is 0 Å². The number of nitrogens with zero attached hydrogens (tertiary/aromatic N) is 1. The minimum absolute atomic E-state index is 0.117. The highest BCUT2D eigenvalue weighted by Crippen LogP contribution is 2.23. The lowest BCUT2D eigenvalue weighted by atomic mass is 10.0. The van der Waals surface area contributed by atoms with Crippen LogP contribution in [0.3, 0.4) is 0 Å². The fraction of sp³-hybridized carbons (Fsp3) is 0.154. The van der Waals surface area contributed by atoms with E-state index in [4.69, 9.17) is 5.73 Å². The third kappa shape index (κ3) is 2.31. The summed E-state index contributed by atoms with van der Waals surface area (Å²) in [5.74, 6) is -1.03. The number of hydrogen-bond acceptors (Lipinski definition) is 2. The molecule has 0 bridgehead atoms. The van der Waals surface area contributed by atoms with Gasteiger partial charge in [-0.25, -0.2) is 8.78 Å². The van der Waals surface area contributed by atoms with Crippen molar-refractivity contribution in [3.05, 3.63) is 65.0 Å². The summed E-state index contributed by atoms with van der Waals surface area (Å²) in [5, 5.41) is 0. The molecule has 1 unspecified atom stereocenters. The molecule has 2 aromatic rings. The van der Waals surface area contributed by atoms with Gasteiger partial charge in [-0.05, 0) is 36.8 Å². The molecule has 88 valence electrons. The van der Waals surface area contributed by atoms with E-state index in [1.807, 2.05) is 13.0 Å². The summed E-state index contributed by atoms with van der Waals surface area (Å²) in [4.78, 5) is 4.11. The van der Waals surface area contributed by atoms with Crippen molar-refractivity contribution in [3.63, 3.8) is 0 Å². The number of benzene rings is 1. The summed E-state index contributed by atoms with van der Waals surface area (Å²) in [7, 11) is 0. The van der Waals surface area contributed by atoms with Crippen molar-refractivity contribution >= 4 is 0 Å². The molecule has 2 nitrogen and oxygen atoms in total. The maximum atomic E-state index is 13.6. The summed E-state index contributed by atoms with van der Waals surface area (Å²) in [6.45, 7) is 1.83. The van der Waals surface area contributed by atoms with Gasteiger partial charge in [0.1, 0.15) is 11.6 Å². The van der Waals surface area contributed by atoms with Crippen molar-refractivity contribution in [1.29, 1.82) is 0 Å². The van der Waals surface area contributed by atoms with Crippen molar-refractivity contribution in [1.82, 2.24) is 4.98 Å². The number of hydrogen-bond donors (Lipinski definition) is 1. The molecule has 0 amide bonds. The largest absolute Gasteiger partial charge is 0.319 e. The molecule has 0 aliphatic rings. The average molecular weight is 234 g/mol. The fourth-order valence-corrected chi connectivity index (χ4v) is 1.72. The molecule has 0 fully saturated rings. The molecular weight excluding hydrogens is 222 g/mol. The second kappa shape index (κ2) is 4.59. The van der Waals surface area contributed by atoms with E-state index in [-0.39, 0.29) is 5.56 Å². The molecule has 0 radical (unpaired) electrons. The number of rotatable bonds is 2. The van der Waals surface area contributed by atoms with Crippen LogP contribution in [0.1, 0.15) is 22.9 Å². The number of pyridine rings is 1. The second-order valence-electron chi connectivity index (χ2n) is 3.85. The van der Waals surface area contributed by atoms with Crippen LogP contribution in [0.4, 0.5) is 8.78 Å². The van der Waals surface area contributed by atoms with Crippen molar-refractivity contribution in [3.8, 4) is 0 Å². The maximum Gasteiger partial charge on any atom is 0.128 e. The molecule has 1 atom stereocenters. The molecule has 17 heavy (non-hydrogen) atoms. The summed E-state index contributed by atoms with van der Waals surface area (Å²) in [6.07, 6.45) is 1.58. The Morgan fingerprint density at radius 2 is 2.00 bits per heavy atom. The van der Waals surface area contributed by atoms with Crippen LogP contribution in [-0.2, 0) is 0 Å². The topological polar surface area (TPSA) is 38.9 Å². The smallest absolute Gasteiger partial charge is 0.128 e. The lowest BCUT2D eigenvalue weighted by molar-refractivity contribution is 0.574. The SMILES string of the molecule is Cc1cccnc1C(N)c1cc(F)ccc1F. The molecule has 2 N–H and O–H groups in total. The van der Waals surface area contributed by atoms with Crippen LogP contribution in [0.25, 0.3) is 0 Å². The highest BCUT2D eigenvalue weighted by atomic mass is 19.1. The monoisotopic (exact) mass is 234 g/mol. The van der Waals surface area contributed by atoms with Crippen molar-refractivity contribution in [2.24, 2.45) is 5.73 Å². The normalized spacial score (nSPS) is 12.5. The quantitative estimate of drug-likeness (QED) is 0.867. The first-order valence-corrected chi connectivity index (χ1v) is 5.21. The highest BCUT2D eigenvalue weighted by Gasteiger charge is 2.17. The molecule has 4 heteroatoms. The predicted octanol–water partition coefficient (Wildman–Crippen LogP) is 2.72. The molecule has 0 saturated carbocycles. The lowest BCUT2D eigenvalue weighted by Crippen LogP contribution is -2.16. The number of nitrogens with two attached hydrogens (primary N) is 1. The lowest BCUT2D eigenvalue weighted by Gasteiger charge is -2.14. The van der Waals surface area contributed by atoms with Gasteiger partial charge in [-0.1, -0.05) is 6.07 Å². The van der Waals surface area contributed by atoms with Crippen LogP contribution < -0.4 is 5.73 Å². The van der Waals surface area contributed by atoms with E-state index in [2.05, 4.69) is 4.98 Å². The molecular formula is C13H12F2N2. The molecule has 0 aliphatic heterocycles. The third-order valence-corrected chi connectivity index (χ3v) is 2.64. The van der Waals surface area contributed by atoms with Crippen molar-refractivity contribution in [2.75, 3.05) is 0 Å². The van der Waals surface area contributed by atoms with Gasteiger partial charge in [0.05, 0.1) is 11.7 Å². The van der Waals surface area contributed by atoms with Gasteiger partial charge < -0.3 is 5.73 Å². The zero-order chi connectivity index (χ0) is 12.4. The maximum absolute atomic E-state index is 13.6. The predicted molar refractivity (Wildman–Crippen MR) is 61.4 cm³/mol. The van der Waals surface area contributed by atoms with E-state index in [1.54, 1.807) is 12.3 Å². The van der Waals surface area contributed by atoms with Gasteiger partial charge in [0.25, 0.3) is 0 Å². The van der Waals surface area contributed by atoms with Crippen LogP contribution in [-0.4, -0.2) is 4.98 Å². The zero-order valence-electron chi connectivity index (χ0n) is 9.32. The third-order valence-electron chi connectivity index (χ3n) is 2.64. The molecule has 1 aromatic heterocycles. The Hall–Kier alpha value is -1.81. The zero-order valence-corrected chi connectivity index (χ0v) is 9.32. The molecule has 1 aromatic carbocycles. The highest BCUT2D eigenvalue weighted by molar-refractivity contribution is 5.32. The Bertz CT molecular complexity index is 541. The molecule has 2 rings (SSSR count). The van der Waals surface area contributed by atoms with E-state index in [9.17, 15) is 8.78 Å². The van der Waals surface area contributed by atoms with E-state index >= 15 is 0 Å². The fourth-order valence-electron chi connectivity index (χ4n) is 1.72. The number of halogens is 2. The summed E-state index contributed by atoms with van der Waals surface area (Å²) >= 11 is 0. The summed E-state index contributed by atoms with van der Waals surface area (Å²) in [5.41, 5.74) is 7.44. The van der Waals surface area contributed by atoms with Gasteiger partial charge in [0.2, 0.25) is 0 Å². The summed E-state index contributed by atoms with van der Waals surface area (Å²) in [6, 6.07) is 6.09. The Morgan fingerprint density at radius 1 is 1.24 bits per heavy atom. The van der Waals surface area contributed by atoms with Gasteiger partial charge >= 0.3 is 0 Å². The first-order chi connectivity index (χ1) is 8.09. The van der Waals surface area contributed by atoms with Gasteiger partial charge in [-0.15, -0.1) is 0 Å². The minimum atomic E-state index is -0.758. The Morgan fingerprint density at radius 3 is 2.71 bits per heavy atom. The second-order valence-corrected chi connectivity index (χ2v) is 3.85. The van der Waals surface area contributed by atoms with Gasteiger partial charge in [0, 0.05) is 11.8 Å². The number of aromatic nitrogens is 1.